The molecule has 0 amide bonds. The van der Waals surface area contributed by atoms with E-state index in [0.29, 0.717) is 11.1 Å². The summed E-state index contributed by atoms with van der Waals surface area (Å²) in [6.07, 6.45) is -8.80. The summed E-state index contributed by atoms with van der Waals surface area (Å²) in [6.45, 7) is -0.601. The van der Waals surface area contributed by atoms with Crippen LogP contribution in [0.3, 0.4) is 0 Å². The Balaban J connectivity index is 1.66. The molecule has 168 valence electrons. The Labute approximate surface area is 177 Å². The number of hydrogen-bond acceptors (Lipinski definition) is 10. The van der Waals surface area contributed by atoms with E-state index in [1.54, 1.807) is 12.1 Å². The summed E-state index contributed by atoms with van der Waals surface area (Å²) in [7, 11) is 0. The molecule has 2 heterocycles. The zero-order valence-electron chi connectivity index (χ0n) is 16.3. The van der Waals surface area contributed by atoms with Crippen molar-refractivity contribution in [3.8, 4) is 23.0 Å². The van der Waals surface area contributed by atoms with Crippen molar-refractivity contribution < 1.29 is 50.0 Å². The maximum absolute atomic E-state index is 10.3. The smallest absolute Gasteiger partial charge is 0.187 e. The summed E-state index contributed by atoms with van der Waals surface area (Å²) in [4.78, 5) is 0. The number of aliphatic hydroxyl groups is 4. The zero-order valence-corrected chi connectivity index (χ0v) is 16.3. The van der Waals surface area contributed by atoms with Gasteiger partial charge in [0.2, 0.25) is 0 Å². The number of rotatable bonds is 4. The van der Waals surface area contributed by atoms with Gasteiger partial charge in [-0.05, 0) is 17.7 Å². The Morgan fingerprint density at radius 1 is 0.903 bits per heavy atom. The molecule has 10 nitrogen and oxygen atoms in total. The second kappa shape index (κ2) is 8.50. The predicted molar refractivity (Wildman–Crippen MR) is 104 cm³/mol. The van der Waals surface area contributed by atoms with Gasteiger partial charge in [0.1, 0.15) is 53.5 Å². The first-order chi connectivity index (χ1) is 14.8. The minimum atomic E-state index is -1.61. The SMILES string of the molecule is OCC1O[C@@H](OC2Cc3c(O)cc(O)cc3OC2c2ccc(O)cc2)C(O)C(O)[C@@H]1O. The lowest BCUT2D eigenvalue weighted by molar-refractivity contribution is -0.317. The second-order valence-corrected chi connectivity index (χ2v) is 7.65. The number of phenols is 3. The predicted octanol–water partition coefficient (Wildman–Crippen LogP) is -0.335. The molecule has 2 aliphatic heterocycles. The highest BCUT2D eigenvalue weighted by Crippen LogP contribution is 2.43. The van der Waals surface area contributed by atoms with E-state index >= 15 is 0 Å². The number of aromatic hydroxyl groups is 3. The van der Waals surface area contributed by atoms with Crippen LogP contribution >= 0.6 is 0 Å². The highest BCUT2D eigenvalue weighted by atomic mass is 16.7. The third-order valence-electron chi connectivity index (χ3n) is 5.55. The lowest BCUT2D eigenvalue weighted by atomic mass is 9.93. The Morgan fingerprint density at radius 3 is 2.29 bits per heavy atom. The van der Waals surface area contributed by atoms with Crippen LogP contribution in [-0.4, -0.2) is 79.2 Å². The fourth-order valence-electron chi connectivity index (χ4n) is 3.87. The third-order valence-corrected chi connectivity index (χ3v) is 5.55. The van der Waals surface area contributed by atoms with Gasteiger partial charge < -0.3 is 50.0 Å². The van der Waals surface area contributed by atoms with Gasteiger partial charge in [-0.2, -0.15) is 0 Å². The van der Waals surface area contributed by atoms with Crippen molar-refractivity contribution in [2.45, 2.75) is 49.3 Å². The summed E-state index contributed by atoms with van der Waals surface area (Å²) in [6, 6.07) is 8.65. The van der Waals surface area contributed by atoms with Crippen molar-refractivity contribution in [1.82, 2.24) is 0 Å². The molecule has 2 aromatic rings. The molecule has 0 bridgehead atoms. The highest BCUT2D eigenvalue weighted by Gasteiger charge is 2.46. The maximum atomic E-state index is 10.3. The fraction of sp³-hybridized carbons (Fsp3) is 0.429. The van der Waals surface area contributed by atoms with Gasteiger partial charge in [0.25, 0.3) is 0 Å². The van der Waals surface area contributed by atoms with Crippen LogP contribution in [0.5, 0.6) is 23.0 Å². The largest absolute Gasteiger partial charge is 0.508 e. The molecule has 10 heteroatoms. The molecule has 0 aromatic heterocycles. The number of benzene rings is 2. The lowest BCUT2D eigenvalue weighted by Crippen LogP contribution is -2.60. The maximum Gasteiger partial charge on any atom is 0.187 e. The summed E-state index contributed by atoms with van der Waals surface area (Å²) in [5.74, 6) is -0.110. The van der Waals surface area contributed by atoms with Crippen molar-refractivity contribution in [2.24, 2.45) is 0 Å². The second-order valence-electron chi connectivity index (χ2n) is 7.65. The molecular formula is C21H24O10. The zero-order chi connectivity index (χ0) is 22.3. The summed E-state index contributed by atoms with van der Waals surface area (Å²) >= 11 is 0. The van der Waals surface area contributed by atoms with Crippen LogP contribution in [0, 0.1) is 0 Å². The first kappa shape index (κ1) is 21.6. The van der Waals surface area contributed by atoms with Gasteiger partial charge >= 0.3 is 0 Å². The number of aliphatic hydroxyl groups excluding tert-OH is 4. The van der Waals surface area contributed by atoms with Gasteiger partial charge in [-0.15, -0.1) is 0 Å². The molecule has 5 unspecified atom stereocenters. The van der Waals surface area contributed by atoms with Crippen LogP contribution in [-0.2, 0) is 15.9 Å². The average Bonchev–Trinajstić information content (AvgIpc) is 2.74. The number of ether oxygens (including phenoxy) is 3. The molecule has 7 atom stereocenters. The minimum absolute atomic E-state index is 0.0432. The van der Waals surface area contributed by atoms with Crippen LogP contribution in [0.2, 0.25) is 0 Å². The lowest BCUT2D eigenvalue weighted by Gasteiger charge is -2.43. The quantitative estimate of drug-likeness (QED) is 0.337. The van der Waals surface area contributed by atoms with Crippen LogP contribution < -0.4 is 4.74 Å². The van der Waals surface area contributed by atoms with Crippen molar-refractivity contribution in [3.05, 3.63) is 47.5 Å². The van der Waals surface area contributed by atoms with Crippen LogP contribution in [0.1, 0.15) is 17.2 Å². The molecule has 4 rings (SSSR count). The molecule has 7 N–H and O–H groups in total. The molecule has 1 saturated heterocycles. The normalized spacial score (nSPS) is 32.8. The van der Waals surface area contributed by atoms with E-state index in [1.165, 1.54) is 18.2 Å². The summed E-state index contributed by atoms with van der Waals surface area (Å²) < 4.78 is 17.3. The van der Waals surface area contributed by atoms with Crippen molar-refractivity contribution in [1.29, 1.82) is 0 Å². The van der Waals surface area contributed by atoms with E-state index in [-0.39, 0.29) is 29.4 Å². The number of phenolic OH excluding ortho intramolecular Hbond substituents is 3. The Kier molecular flexibility index (Phi) is 5.93. The van der Waals surface area contributed by atoms with E-state index < -0.39 is 49.5 Å². The van der Waals surface area contributed by atoms with Crippen LogP contribution in [0.15, 0.2) is 36.4 Å². The number of fused-ring (bicyclic) bond motifs is 1. The molecule has 2 aliphatic rings. The Bertz CT molecular complexity index is 915. The van der Waals surface area contributed by atoms with Crippen LogP contribution in [0.25, 0.3) is 0 Å². The molecule has 0 radical (unpaired) electrons. The molecule has 31 heavy (non-hydrogen) atoms. The van der Waals surface area contributed by atoms with Gasteiger partial charge in [-0.3, -0.25) is 0 Å². The summed E-state index contributed by atoms with van der Waals surface area (Å²) in [5, 5.41) is 69.4. The molecule has 0 spiro atoms. The topological polar surface area (TPSA) is 169 Å². The van der Waals surface area contributed by atoms with Gasteiger partial charge in [-0.25, -0.2) is 0 Å². The Morgan fingerprint density at radius 2 is 1.61 bits per heavy atom. The molecule has 2 aromatic carbocycles. The third kappa shape index (κ3) is 4.13. The van der Waals surface area contributed by atoms with E-state index in [0.717, 1.165) is 6.07 Å². The summed E-state index contributed by atoms with van der Waals surface area (Å²) in [5.41, 5.74) is 0.961. The van der Waals surface area contributed by atoms with Crippen LogP contribution in [0.4, 0.5) is 0 Å². The first-order valence-electron chi connectivity index (χ1n) is 9.75. The van der Waals surface area contributed by atoms with Gasteiger partial charge in [-0.1, -0.05) is 12.1 Å². The Hall–Kier alpha value is -2.60. The minimum Gasteiger partial charge on any atom is -0.508 e. The van der Waals surface area contributed by atoms with E-state index in [1.807, 2.05) is 0 Å². The van der Waals surface area contributed by atoms with Crippen molar-refractivity contribution >= 4 is 0 Å². The monoisotopic (exact) mass is 436 g/mol. The average molecular weight is 436 g/mol. The van der Waals surface area contributed by atoms with Gasteiger partial charge in [0.15, 0.2) is 12.4 Å². The van der Waals surface area contributed by atoms with Gasteiger partial charge in [0, 0.05) is 24.1 Å². The standard InChI is InChI=1S/C21H24O10/c22-8-16-17(26)18(27)19(28)21(31-16)30-15-7-12-13(25)5-11(24)6-14(12)29-20(15)9-1-3-10(23)4-2-9/h1-6,15-28H,7-8H2/t15?,16?,17-,18?,19?,20?,21-/m1/s1. The fourth-order valence-corrected chi connectivity index (χ4v) is 3.87. The number of hydrogen-bond donors (Lipinski definition) is 7. The van der Waals surface area contributed by atoms with E-state index in [4.69, 9.17) is 14.2 Å². The van der Waals surface area contributed by atoms with Gasteiger partial charge in [0.05, 0.1) is 6.61 Å². The highest BCUT2D eigenvalue weighted by molar-refractivity contribution is 5.51. The molecule has 1 fully saturated rings. The van der Waals surface area contributed by atoms with Crippen molar-refractivity contribution in [2.75, 3.05) is 6.61 Å². The van der Waals surface area contributed by atoms with E-state index in [9.17, 15) is 35.7 Å². The molecular weight excluding hydrogens is 412 g/mol. The first-order valence-corrected chi connectivity index (χ1v) is 9.75. The molecule has 0 aliphatic carbocycles. The van der Waals surface area contributed by atoms with Crippen molar-refractivity contribution in [3.63, 3.8) is 0 Å². The van der Waals surface area contributed by atoms with E-state index in [2.05, 4.69) is 0 Å². The molecule has 0 saturated carbocycles.